The molecule has 0 aliphatic heterocycles. The van der Waals surface area contributed by atoms with Crippen LogP contribution in [0.5, 0.6) is 5.75 Å². The van der Waals surface area contributed by atoms with Gasteiger partial charge in [-0.1, -0.05) is 27.2 Å². The predicted octanol–water partition coefficient (Wildman–Crippen LogP) is 4.76. The van der Waals surface area contributed by atoms with E-state index in [9.17, 15) is 17.4 Å². The summed E-state index contributed by atoms with van der Waals surface area (Å²) in [5.74, 6) is 0.194. The molecule has 0 aliphatic carbocycles. The largest absolute Gasteiger partial charge is 0.573 e. The van der Waals surface area contributed by atoms with E-state index in [0.717, 1.165) is 19.3 Å². The van der Waals surface area contributed by atoms with Crippen LogP contribution in [0.15, 0.2) is 29.2 Å². The monoisotopic (exact) mass is 351 g/mol. The number of hydrogen-bond donors (Lipinski definition) is 0. The first-order valence-electron chi connectivity index (χ1n) is 7.75. The zero-order chi connectivity index (χ0) is 17.5. The van der Waals surface area contributed by atoms with Crippen LogP contribution in [0.4, 0.5) is 13.2 Å². The summed E-state index contributed by atoms with van der Waals surface area (Å²) in [6, 6.07) is 5.24. The lowest BCUT2D eigenvalue weighted by Crippen LogP contribution is -2.29. The highest BCUT2D eigenvalue weighted by molar-refractivity contribution is 7.82. The fraction of sp³-hybridized carbons (Fsp3) is 0.625. The molecule has 0 fully saturated rings. The van der Waals surface area contributed by atoms with Crippen molar-refractivity contribution >= 4 is 11.0 Å². The number of halogens is 3. The number of unbranched alkanes of at least 4 members (excludes halogenated alkanes) is 1. The Morgan fingerprint density at radius 1 is 1.17 bits per heavy atom. The van der Waals surface area contributed by atoms with Crippen LogP contribution >= 0.6 is 0 Å². The molecule has 1 rings (SSSR count). The molecule has 132 valence electrons. The van der Waals surface area contributed by atoms with Crippen molar-refractivity contribution in [2.75, 3.05) is 13.1 Å². The second kappa shape index (κ2) is 9.27. The van der Waals surface area contributed by atoms with Crippen molar-refractivity contribution in [3.05, 3.63) is 24.3 Å². The van der Waals surface area contributed by atoms with Crippen molar-refractivity contribution in [3.8, 4) is 5.75 Å². The summed E-state index contributed by atoms with van der Waals surface area (Å²) in [4.78, 5) is 0.486. The van der Waals surface area contributed by atoms with E-state index in [4.69, 9.17) is 0 Å². The Hall–Kier alpha value is -1.08. The third kappa shape index (κ3) is 7.83. The van der Waals surface area contributed by atoms with Crippen LogP contribution < -0.4 is 4.74 Å². The standard InChI is InChI=1S/C16H24F3NO2S/c1-4-5-11-20(12-10-13(2)3)23(21)15-8-6-14(7-9-15)22-16(17,18)19/h6-9,13H,4-5,10-12H2,1-3H3. The van der Waals surface area contributed by atoms with Gasteiger partial charge in [0.2, 0.25) is 0 Å². The van der Waals surface area contributed by atoms with Crippen LogP contribution in [-0.4, -0.2) is 28.0 Å². The lowest BCUT2D eigenvalue weighted by Gasteiger charge is -2.22. The minimum Gasteiger partial charge on any atom is -0.406 e. The molecule has 0 aliphatic rings. The normalized spacial score (nSPS) is 13.6. The van der Waals surface area contributed by atoms with Gasteiger partial charge in [0, 0.05) is 13.1 Å². The summed E-state index contributed by atoms with van der Waals surface area (Å²) in [6.45, 7) is 7.67. The SMILES string of the molecule is CCCCN(CCC(C)C)S(=O)c1ccc(OC(F)(F)F)cc1. The van der Waals surface area contributed by atoms with E-state index in [1.54, 1.807) is 0 Å². The van der Waals surface area contributed by atoms with Gasteiger partial charge in [0.1, 0.15) is 16.7 Å². The summed E-state index contributed by atoms with van der Waals surface area (Å²) in [7, 11) is -1.37. The molecule has 1 atom stereocenters. The van der Waals surface area contributed by atoms with E-state index in [0.29, 0.717) is 23.9 Å². The Labute approximate surface area is 138 Å². The zero-order valence-corrected chi connectivity index (χ0v) is 14.5. The molecule has 23 heavy (non-hydrogen) atoms. The van der Waals surface area contributed by atoms with Crippen molar-refractivity contribution in [1.29, 1.82) is 0 Å². The van der Waals surface area contributed by atoms with Gasteiger partial charge in [0.05, 0.1) is 4.90 Å². The number of rotatable bonds is 9. The molecule has 0 heterocycles. The fourth-order valence-corrected chi connectivity index (χ4v) is 3.15. The molecule has 1 unspecified atom stereocenters. The van der Waals surface area contributed by atoms with Gasteiger partial charge in [-0.2, -0.15) is 0 Å². The van der Waals surface area contributed by atoms with Crippen molar-refractivity contribution in [2.24, 2.45) is 5.92 Å². The summed E-state index contributed by atoms with van der Waals surface area (Å²) in [5.41, 5.74) is 0. The molecule has 0 spiro atoms. The number of alkyl halides is 3. The first kappa shape index (κ1) is 20.0. The maximum atomic E-state index is 12.6. The van der Waals surface area contributed by atoms with Crippen LogP contribution in [0.2, 0.25) is 0 Å². The Kier molecular flexibility index (Phi) is 8.05. The van der Waals surface area contributed by atoms with Gasteiger partial charge < -0.3 is 4.74 Å². The summed E-state index contributed by atoms with van der Waals surface area (Å²) in [6.07, 6.45) is -1.87. The van der Waals surface area contributed by atoms with E-state index >= 15 is 0 Å². The molecular weight excluding hydrogens is 327 g/mol. The van der Waals surface area contributed by atoms with Gasteiger partial charge in [-0.3, -0.25) is 0 Å². The first-order chi connectivity index (χ1) is 10.7. The van der Waals surface area contributed by atoms with Gasteiger partial charge in [0.15, 0.2) is 0 Å². The lowest BCUT2D eigenvalue weighted by atomic mass is 10.1. The number of hydrogen-bond acceptors (Lipinski definition) is 2. The molecule has 1 aromatic rings. The second-order valence-corrected chi connectivity index (χ2v) is 7.22. The number of ether oxygens (including phenoxy) is 1. The molecule has 0 saturated heterocycles. The molecule has 1 aromatic carbocycles. The van der Waals surface area contributed by atoms with Gasteiger partial charge in [-0.15, -0.1) is 13.2 Å². The minimum absolute atomic E-state index is 0.305. The topological polar surface area (TPSA) is 29.5 Å². The summed E-state index contributed by atoms with van der Waals surface area (Å²) >= 11 is 0. The van der Waals surface area contributed by atoms with Gasteiger partial charge in [-0.05, 0) is 43.0 Å². The van der Waals surface area contributed by atoms with Gasteiger partial charge in [0.25, 0.3) is 0 Å². The average Bonchev–Trinajstić information content (AvgIpc) is 2.45. The lowest BCUT2D eigenvalue weighted by molar-refractivity contribution is -0.274. The third-order valence-electron chi connectivity index (χ3n) is 3.21. The number of nitrogens with zero attached hydrogens (tertiary/aromatic N) is 1. The molecule has 7 heteroatoms. The Morgan fingerprint density at radius 2 is 1.78 bits per heavy atom. The van der Waals surface area contributed by atoms with E-state index in [1.807, 2.05) is 4.31 Å². The molecule has 0 radical (unpaired) electrons. The van der Waals surface area contributed by atoms with E-state index in [1.165, 1.54) is 24.3 Å². The quantitative estimate of drug-likeness (QED) is 0.642. The summed E-state index contributed by atoms with van der Waals surface area (Å²) in [5, 5.41) is 0. The third-order valence-corrected chi connectivity index (χ3v) is 4.72. The highest BCUT2D eigenvalue weighted by Crippen LogP contribution is 2.24. The molecular formula is C16H24F3NO2S. The Balaban J connectivity index is 2.77. The van der Waals surface area contributed by atoms with E-state index < -0.39 is 17.3 Å². The van der Waals surface area contributed by atoms with Crippen molar-refractivity contribution in [1.82, 2.24) is 4.31 Å². The Bertz CT molecular complexity index is 489. The molecule has 0 aromatic heterocycles. The molecule has 0 saturated carbocycles. The maximum absolute atomic E-state index is 12.6. The van der Waals surface area contributed by atoms with Crippen LogP contribution in [0.3, 0.4) is 0 Å². The first-order valence-corrected chi connectivity index (χ1v) is 8.86. The smallest absolute Gasteiger partial charge is 0.406 e. The molecule has 0 bridgehead atoms. The summed E-state index contributed by atoms with van der Waals surface area (Å²) < 4.78 is 54.8. The zero-order valence-electron chi connectivity index (χ0n) is 13.7. The average molecular weight is 351 g/mol. The number of benzene rings is 1. The minimum atomic E-state index is -4.72. The molecule has 0 N–H and O–H groups in total. The van der Waals surface area contributed by atoms with E-state index in [-0.39, 0.29) is 5.75 Å². The van der Waals surface area contributed by atoms with Crippen molar-refractivity contribution in [2.45, 2.75) is 51.3 Å². The maximum Gasteiger partial charge on any atom is 0.573 e. The highest BCUT2D eigenvalue weighted by atomic mass is 32.2. The predicted molar refractivity (Wildman–Crippen MR) is 85.5 cm³/mol. The molecule has 3 nitrogen and oxygen atoms in total. The van der Waals surface area contributed by atoms with Gasteiger partial charge in [-0.25, -0.2) is 8.51 Å². The van der Waals surface area contributed by atoms with Crippen LogP contribution in [0.25, 0.3) is 0 Å². The van der Waals surface area contributed by atoms with E-state index in [2.05, 4.69) is 25.5 Å². The Morgan fingerprint density at radius 3 is 2.26 bits per heavy atom. The highest BCUT2D eigenvalue weighted by Gasteiger charge is 2.31. The van der Waals surface area contributed by atoms with Crippen LogP contribution in [0.1, 0.15) is 40.0 Å². The molecule has 0 amide bonds. The van der Waals surface area contributed by atoms with Crippen LogP contribution in [-0.2, 0) is 11.0 Å². The second-order valence-electron chi connectivity index (χ2n) is 5.73. The van der Waals surface area contributed by atoms with Crippen molar-refractivity contribution in [3.63, 3.8) is 0 Å². The van der Waals surface area contributed by atoms with Crippen molar-refractivity contribution < 1.29 is 22.1 Å². The van der Waals surface area contributed by atoms with Gasteiger partial charge >= 0.3 is 6.36 Å². The fourth-order valence-electron chi connectivity index (χ4n) is 1.92. The van der Waals surface area contributed by atoms with Crippen LogP contribution in [0, 0.1) is 5.92 Å².